The second-order valence-corrected chi connectivity index (χ2v) is 7.68. The quantitative estimate of drug-likeness (QED) is 0.878. The zero-order chi connectivity index (χ0) is 13.0. The SMILES string of the molecule is CSC1(CNC(C)c2csc(C)n2)CCCCC1. The van der Waals surface area contributed by atoms with Crippen LogP contribution in [-0.4, -0.2) is 22.5 Å². The van der Waals surface area contributed by atoms with E-state index in [1.54, 1.807) is 11.3 Å². The van der Waals surface area contributed by atoms with Crippen LogP contribution < -0.4 is 5.32 Å². The fraction of sp³-hybridized carbons (Fsp3) is 0.786. The van der Waals surface area contributed by atoms with Crippen LogP contribution in [-0.2, 0) is 0 Å². The predicted molar refractivity (Wildman–Crippen MR) is 82.6 cm³/mol. The summed E-state index contributed by atoms with van der Waals surface area (Å²) in [6.45, 7) is 5.42. The lowest BCUT2D eigenvalue weighted by atomic mass is 9.88. The molecule has 0 radical (unpaired) electrons. The molecule has 1 aromatic rings. The van der Waals surface area contributed by atoms with Gasteiger partial charge < -0.3 is 5.32 Å². The third-order valence-electron chi connectivity index (χ3n) is 4.01. The van der Waals surface area contributed by atoms with E-state index in [0.717, 1.165) is 11.6 Å². The number of rotatable bonds is 5. The van der Waals surface area contributed by atoms with Gasteiger partial charge in [0.25, 0.3) is 0 Å². The lowest BCUT2D eigenvalue weighted by Crippen LogP contribution is -2.40. The zero-order valence-corrected chi connectivity index (χ0v) is 13.3. The molecular weight excluding hydrogens is 260 g/mol. The van der Waals surface area contributed by atoms with E-state index >= 15 is 0 Å². The molecule has 0 spiro atoms. The van der Waals surface area contributed by atoms with Crippen molar-refractivity contribution >= 4 is 23.1 Å². The first kappa shape index (κ1) is 14.4. The van der Waals surface area contributed by atoms with Gasteiger partial charge in [0, 0.05) is 22.7 Å². The highest BCUT2D eigenvalue weighted by Gasteiger charge is 2.31. The van der Waals surface area contributed by atoms with Crippen molar-refractivity contribution in [1.82, 2.24) is 10.3 Å². The van der Waals surface area contributed by atoms with E-state index in [1.807, 2.05) is 0 Å². The molecule has 1 saturated carbocycles. The molecule has 1 aliphatic carbocycles. The standard InChI is InChI=1S/C14H24N2S2/c1-11(13-9-18-12(2)16-13)15-10-14(17-3)7-5-4-6-8-14/h9,11,15H,4-8,10H2,1-3H3. The molecule has 102 valence electrons. The third kappa shape index (κ3) is 3.49. The van der Waals surface area contributed by atoms with Crippen molar-refractivity contribution in [2.45, 2.75) is 56.7 Å². The van der Waals surface area contributed by atoms with Gasteiger partial charge in [-0.05, 0) is 32.9 Å². The van der Waals surface area contributed by atoms with E-state index in [1.165, 1.54) is 37.8 Å². The Balaban J connectivity index is 1.89. The van der Waals surface area contributed by atoms with Crippen LogP contribution in [0.5, 0.6) is 0 Å². The van der Waals surface area contributed by atoms with E-state index in [9.17, 15) is 0 Å². The molecule has 1 aliphatic rings. The van der Waals surface area contributed by atoms with E-state index in [-0.39, 0.29) is 0 Å². The average Bonchev–Trinajstić information content (AvgIpc) is 2.84. The maximum atomic E-state index is 4.57. The Morgan fingerprint density at radius 3 is 2.72 bits per heavy atom. The number of aromatic nitrogens is 1. The monoisotopic (exact) mass is 284 g/mol. The molecule has 0 aromatic carbocycles. The van der Waals surface area contributed by atoms with Crippen LogP contribution in [0.25, 0.3) is 0 Å². The fourth-order valence-electron chi connectivity index (χ4n) is 2.67. The average molecular weight is 284 g/mol. The van der Waals surface area contributed by atoms with Gasteiger partial charge in [-0.25, -0.2) is 4.98 Å². The van der Waals surface area contributed by atoms with Gasteiger partial charge in [-0.2, -0.15) is 11.8 Å². The fourth-order valence-corrected chi connectivity index (χ4v) is 4.30. The van der Waals surface area contributed by atoms with Crippen molar-refractivity contribution in [2.75, 3.05) is 12.8 Å². The number of hydrogen-bond donors (Lipinski definition) is 1. The predicted octanol–water partition coefficient (Wildman–Crippen LogP) is 4.17. The summed E-state index contributed by atoms with van der Waals surface area (Å²) >= 11 is 3.80. The van der Waals surface area contributed by atoms with Crippen LogP contribution in [0.4, 0.5) is 0 Å². The number of nitrogens with zero attached hydrogens (tertiary/aromatic N) is 1. The molecule has 1 atom stereocenters. The highest BCUT2D eigenvalue weighted by Crippen LogP contribution is 2.38. The number of thiazole rings is 1. The van der Waals surface area contributed by atoms with Gasteiger partial charge in [-0.1, -0.05) is 19.3 Å². The number of thioether (sulfide) groups is 1. The first-order chi connectivity index (χ1) is 8.65. The van der Waals surface area contributed by atoms with Crippen molar-refractivity contribution in [1.29, 1.82) is 0 Å². The Morgan fingerprint density at radius 2 is 2.17 bits per heavy atom. The molecule has 2 rings (SSSR count). The van der Waals surface area contributed by atoms with Crippen LogP contribution in [0.15, 0.2) is 5.38 Å². The lowest BCUT2D eigenvalue weighted by Gasteiger charge is -2.36. The van der Waals surface area contributed by atoms with Gasteiger partial charge in [0.2, 0.25) is 0 Å². The van der Waals surface area contributed by atoms with Crippen molar-refractivity contribution in [3.8, 4) is 0 Å². The molecule has 18 heavy (non-hydrogen) atoms. The second kappa shape index (κ2) is 6.40. The Labute approximate surface area is 119 Å². The van der Waals surface area contributed by atoms with Gasteiger partial charge in [0.1, 0.15) is 0 Å². The topological polar surface area (TPSA) is 24.9 Å². The van der Waals surface area contributed by atoms with Gasteiger partial charge in [-0.15, -0.1) is 11.3 Å². The van der Waals surface area contributed by atoms with Crippen LogP contribution >= 0.6 is 23.1 Å². The summed E-state index contributed by atoms with van der Waals surface area (Å²) in [6.07, 6.45) is 9.21. The largest absolute Gasteiger partial charge is 0.307 e. The van der Waals surface area contributed by atoms with Crippen molar-refractivity contribution < 1.29 is 0 Å². The minimum Gasteiger partial charge on any atom is -0.307 e. The molecule has 1 fully saturated rings. The van der Waals surface area contributed by atoms with E-state index in [0.29, 0.717) is 10.8 Å². The van der Waals surface area contributed by atoms with Gasteiger partial charge >= 0.3 is 0 Å². The Hall–Kier alpha value is -0.0600. The second-order valence-electron chi connectivity index (χ2n) is 5.34. The van der Waals surface area contributed by atoms with E-state index < -0.39 is 0 Å². The van der Waals surface area contributed by atoms with Crippen molar-refractivity contribution in [3.63, 3.8) is 0 Å². The van der Waals surface area contributed by atoms with Crippen LogP contribution in [0.1, 0.15) is 55.8 Å². The summed E-state index contributed by atoms with van der Waals surface area (Å²) in [5, 5.41) is 7.04. The van der Waals surface area contributed by atoms with Gasteiger partial charge in [-0.3, -0.25) is 0 Å². The molecule has 0 saturated heterocycles. The maximum Gasteiger partial charge on any atom is 0.0898 e. The summed E-state index contributed by atoms with van der Waals surface area (Å²) < 4.78 is 0.470. The molecule has 4 heteroatoms. The zero-order valence-electron chi connectivity index (χ0n) is 11.7. The first-order valence-electron chi connectivity index (χ1n) is 6.86. The van der Waals surface area contributed by atoms with Gasteiger partial charge in [0.15, 0.2) is 0 Å². The van der Waals surface area contributed by atoms with Crippen molar-refractivity contribution in [3.05, 3.63) is 16.1 Å². The van der Waals surface area contributed by atoms with Crippen LogP contribution in [0, 0.1) is 6.92 Å². The number of nitrogens with one attached hydrogen (secondary N) is 1. The molecule has 0 aliphatic heterocycles. The minimum atomic E-state index is 0.376. The Morgan fingerprint density at radius 1 is 1.44 bits per heavy atom. The summed E-state index contributed by atoms with van der Waals surface area (Å²) in [4.78, 5) is 4.57. The first-order valence-corrected chi connectivity index (χ1v) is 8.96. The van der Waals surface area contributed by atoms with Crippen molar-refractivity contribution in [2.24, 2.45) is 0 Å². The molecular formula is C14H24N2S2. The minimum absolute atomic E-state index is 0.376. The summed E-state index contributed by atoms with van der Waals surface area (Å²) in [5.41, 5.74) is 1.20. The Bertz CT molecular complexity index is 370. The maximum absolute atomic E-state index is 4.57. The molecule has 1 unspecified atom stereocenters. The lowest BCUT2D eigenvalue weighted by molar-refractivity contribution is 0.366. The molecule has 1 heterocycles. The van der Waals surface area contributed by atoms with Crippen LogP contribution in [0.3, 0.4) is 0 Å². The third-order valence-corrected chi connectivity index (χ3v) is 6.22. The van der Waals surface area contributed by atoms with E-state index in [2.05, 4.69) is 47.5 Å². The molecule has 0 bridgehead atoms. The number of hydrogen-bond acceptors (Lipinski definition) is 4. The van der Waals surface area contributed by atoms with E-state index in [4.69, 9.17) is 0 Å². The normalized spacial score (nSPS) is 20.8. The molecule has 1 N–H and O–H groups in total. The smallest absolute Gasteiger partial charge is 0.0898 e. The molecule has 0 amide bonds. The van der Waals surface area contributed by atoms with Crippen LogP contribution in [0.2, 0.25) is 0 Å². The summed E-state index contributed by atoms with van der Waals surface area (Å²) in [5.74, 6) is 0. The summed E-state index contributed by atoms with van der Waals surface area (Å²) in [7, 11) is 0. The number of aryl methyl sites for hydroxylation is 1. The van der Waals surface area contributed by atoms with Gasteiger partial charge in [0.05, 0.1) is 10.7 Å². The summed E-state index contributed by atoms with van der Waals surface area (Å²) in [6, 6.07) is 0.376. The Kier molecular flexibility index (Phi) is 5.10. The molecule has 1 aromatic heterocycles. The highest BCUT2D eigenvalue weighted by molar-refractivity contribution is 8.00. The highest BCUT2D eigenvalue weighted by atomic mass is 32.2. The molecule has 2 nitrogen and oxygen atoms in total.